The number of nitriles is 1. The van der Waals surface area contributed by atoms with Crippen molar-refractivity contribution in [3.05, 3.63) is 35.3 Å². The summed E-state index contributed by atoms with van der Waals surface area (Å²) in [4.78, 5) is 44.8. The number of thiol groups is 1. The third-order valence-corrected chi connectivity index (χ3v) is 12.6. The van der Waals surface area contributed by atoms with E-state index in [-0.39, 0.29) is 67.1 Å². The number of aromatic nitrogens is 6. The first-order valence-corrected chi connectivity index (χ1v) is 21.2. The van der Waals surface area contributed by atoms with Gasteiger partial charge in [-0.05, 0) is 30.7 Å². The van der Waals surface area contributed by atoms with Crippen molar-refractivity contribution in [1.82, 2.24) is 29.5 Å². The predicted octanol–water partition coefficient (Wildman–Crippen LogP) is 3.94. The van der Waals surface area contributed by atoms with Gasteiger partial charge in [0.05, 0.1) is 50.8 Å². The molecule has 22 heteroatoms. The molecule has 50 heavy (non-hydrogen) atoms. The number of rotatable bonds is 8. The Morgan fingerprint density at radius 3 is 2.82 bits per heavy atom. The van der Waals surface area contributed by atoms with Gasteiger partial charge in [0.15, 0.2) is 17.4 Å². The molecule has 1 amide bonds. The summed E-state index contributed by atoms with van der Waals surface area (Å²) in [6.45, 7) is -2.56. The quantitative estimate of drug-likeness (QED) is 0.145. The molecule has 5 heterocycles. The van der Waals surface area contributed by atoms with Crippen LogP contribution in [0, 0.1) is 29.1 Å². The second-order valence-corrected chi connectivity index (χ2v) is 18.3. The summed E-state index contributed by atoms with van der Waals surface area (Å²) in [6, 6.07) is 3.64. The molecule has 2 unspecified atom stereocenters. The van der Waals surface area contributed by atoms with E-state index in [1.807, 2.05) is 13.0 Å². The summed E-state index contributed by atoms with van der Waals surface area (Å²) in [5.74, 6) is -1.00. The van der Waals surface area contributed by atoms with E-state index in [2.05, 4.69) is 47.8 Å². The van der Waals surface area contributed by atoms with Gasteiger partial charge in [-0.1, -0.05) is 33.0 Å². The zero-order valence-electron chi connectivity index (χ0n) is 27.3. The number of carbonyl (C=O) groups excluding carboxylic acids is 1. The van der Waals surface area contributed by atoms with Crippen molar-refractivity contribution in [3.63, 3.8) is 0 Å². The molecule has 9 atom stereocenters. The number of anilines is 2. The van der Waals surface area contributed by atoms with Crippen LogP contribution < -0.4 is 16.2 Å². The van der Waals surface area contributed by atoms with Crippen LogP contribution in [-0.4, -0.2) is 79.6 Å². The Balaban J connectivity index is 1.32. The van der Waals surface area contributed by atoms with E-state index in [1.54, 1.807) is 26.1 Å². The van der Waals surface area contributed by atoms with Crippen molar-refractivity contribution >= 4 is 66.4 Å². The number of aromatic amines is 1. The molecule has 2 aliphatic heterocycles. The average Bonchev–Trinajstić information content (AvgIpc) is 3.74. The van der Waals surface area contributed by atoms with Crippen molar-refractivity contribution in [2.45, 2.75) is 70.6 Å². The lowest BCUT2D eigenvalue weighted by atomic mass is 10.0. The highest BCUT2D eigenvalue weighted by atomic mass is 32.7. The van der Waals surface area contributed by atoms with E-state index in [0.717, 1.165) is 0 Å². The van der Waals surface area contributed by atoms with E-state index >= 15 is 0 Å². The van der Waals surface area contributed by atoms with Crippen LogP contribution >= 0.6 is 25.8 Å². The monoisotopic (exact) mass is 769 g/mol. The van der Waals surface area contributed by atoms with Crippen LogP contribution in [0.3, 0.4) is 0 Å². The number of hydrogen-bond donors (Lipinski definition) is 4. The molecule has 0 radical (unpaired) electrons. The number of nitrogens with one attached hydrogen (secondary N) is 3. The molecule has 270 valence electrons. The lowest BCUT2D eigenvalue weighted by molar-refractivity contribution is -0.118. The Bertz CT molecular complexity index is 1890. The highest BCUT2D eigenvalue weighted by Gasteiger charge is 2.49. The van der Waals surface area contributed by atoms with Crippen molar-refractivity contribution in [1.29, 1.82) is 5.26 Å². The summed E-state index contributed by atoms with van der Waals surface area (Å²) in [5, 5.41) is 15.2. The SMILES string of the molecule is CC(C)C(=O)Nc1nc2c(ncn2[C@@H]2O[C@@H]3COP(=O)(S)O[C@H]4C[C@H](Nc5ccncn5)C[C@@H]4COP(=S)(OCCC#N)O[C@@H]2[C@@H]3C)c(=O)[nH]1. The maximum absolute atomic E-state index is 13.6. The Hall–Kier alpha value is -2.82. The van der Waals surface area contributed by atoms with Gasteiger partial charge in [0, 0.05) is 30.0 Å². The molecule has 3 fully saturated rings. The molecule has 2 saturated heterocycles. The number of ether oxygens (including phenoxy) is 1. The van der Waals surface area contributed by atoms with Crippen molar-refractivity contribution in [3.8, 4) is 6.07 Å². The van der Waals surface area contributed by atoms with E-state index in [9.17, 15) is 19.4 Å². The minimum atomic E-state index is -3.93. The third kappa shape index (κ3) is 8.45. The molecule has 18 nitrogen and oxygen atoms in total. The first-order valence-electron chi connectivity index (χ1n) is 15.9. The van der Waals surface area contributed by atoms with Gasteiger partial charge in [-0.25, -0.2) is 19.5 Å². The fourth-order valence-corrected chi connectivity index (χ4v) is 9.69. The second kappa shape index (κ2) is 15.4. The van der Waals surface area contributed by atoms with Crippen molar-refractivity contribution in [2.75, 3.05) is 30.5 Å². The maximum atomic E-state index is 13.6. The van der Waals surface area contributed by atoms with Gasteiger partial charge in [0.25, 0.3) is 5.56 Å². The van der Waals surface area contributed by atoms with Crippen LogP contribution in [0.4, 0.5) is 11.8 Å². The van der Waals surface area contributed by atoms with Crippen LogP contribution in [0.15, 0.2) is 29.7 Å². The van der Waals surface area contributed by atoms with Crippen LogP contribution in [0.25, 0.3) is 11.2 Å². The van der Waals surface area contributed by atoms with Crippen LogP contribution in [-0.2, 0) is 48.5 Å². The standard InChI is InChI=1S/C28H37N9O9P2S2/c1-15(2)25(38)35-28-34-24-22(26(39)36-28)32-14-37(24)27-23-16(3)20(44-27)12-42-47(40,49)45-19-10-18(33-21-5-7-30-13-31-21)9-17(19)11-43-48(50,46-23)41-8-4-6-29/h5,7,13-20,23,27H,4,8-12H2,1-3H3,(H,40,49)(H,30,31,33)(H2,34,35,36,38,39)/t16-,17-,18-,19+,20-,23-,27-,47?,48?/m1/s1. The molecule has 3 aromatic heterocycles. The van der Waals surface area contributed by atoms with Crippen molar-refractivity contribution < 1.29 is 36.7 Å². The zero-order valence-corrected chi connectivity index (χ0v) is 30.8. The number of nitrogens with zero attached hydrogens (tertiary/aromatic N) is 6. The Kier molecular flexibility index (Phi) is 11.4. The lowest BCUT2D eigenvalue weighted by Gasteiger charge is -2.30. The molecule has 3 aromatic rings. The average molecular weight is 770 g/mol. The van der Waals surface area contributed by atoms with Gasteiger partial charge >= 0.3 is 13.5 Å². The summed E-state index contributed by atoms with van der Waals surface area (Å²) < 4.78 is 52.2. The minimum Gasteiger partial charge on any atom is -0.367 e. The normalized spacial score (nSPS) is 33.2. The summed E-state index contributed by atoms with van der Waals surface area (Å²) in [7, 11) is 0. The topological polar surface area (TPSA) is 227 Å². The molecule has 1 aliphatic carbocycles. The Morgan fingerprint density at radius 2 is 2.08 bits per heavy atom. The molecule has 0 aromatic carbocycles. The number of fused-ring (bicyclic) bond motifs is 4. The van der Waals surface area contributed by atoms with E-state index in [1.165, 1.54) is 17.2 Å². The molecule has 6 rings (SSSR count). The van der Waals surface area contributed by atoms with Gasteiger partial charge in [-0.3, -0.25) is 33.5 Å². The van der Waals surface area contributed by atoms with Gasteiger partial charge in [0.2, 0.25) is 11.9 Å². The molecule has 1 saturated carbocycles. The fourth-order valence-electron chi connectivity index (χ4n) is 5.95. The van der Waals surface area contributed by atoms with Crippen LogP contribution in [0.1, 0.15) is 46.3 Å². The maximum Gasteiger partial charge on any atom is 0.386 e. The number of carbonyl (C=O) groups is 1. The molecular weight excluding hydrogens is 732 g/mol. The largest absolute Gasteiger partial charge is 0.386 e. The second-order valence-electron chi connectivity index (χ2n) is 12.4. The number of imidazole rings is 1. The van der Waals surface area contributed by atoms with Gasteiger partial charge < -0.3 is 23.6 Å². The van der Waals surface area contributed by atoms with Gasteiger partial charge in [0.1, 0.15) is 18.2 Å². The van der Waals surface area contributed by atoms with E-state index < -0.39 is 49.5 Å². The van der Waals surface area contributed by atoms with E-state index in [0.29, 0.717) is 18.7 Å². The van der Waals surface area contributed by atoms with Crippen molar-refractivity contribution in [2.24, 2.45) is 17.8 Å². The zero-order chi connectivity index (χ0) is 35.6. The highest BCUT2D eigenvalue weighted by Crippen LogP contribution is 2.60. The fraction of sp³-hybridized carbons (Fsp3) is 0.607. The smallest absolute Gasteiger partial charge is 0.367 e. The summed E-state index contributed by atoms with van der Waals surface area (Å²) in [6.07, 6.45) is 2.16. The van der Waals surface area contributed by atoms with Crippen LogP contribution in [0.5, 0.6) is 0 Å². The number of hydrogen-bond acceptors (Lipinski definition) is 16. The Labute approximate surface area is 297 Å². The first kappa shape index (κ1) is 37.0. The number of amides is 1. The molecule has 2 bridgehead atoms. The summed E-state index contributed by atoms with van der Waals surface area (Å²) in [5.41, 5.74) is -0.498. The van der Waals surface area contributed by atoms with Gasteiger partial charge in [-0.2, -0.15) is 10.2 Å². The lowest BCUT2D eigenvalue weighted by Crippen LogP contribution is -2.29. The van der Waals surface area contributed by atoms with E-state index in [4.69, 9.17) is 39.2 Å². The molecule has 0 spiro atoms. The minimum absolute atomic E-state index is 0.00410. The van der Waals surface area contributed by atoms with Crippen LogP contribution in [0.2, 0.25) is 0 Å². The predicted molar refractivity (Wildman–Crippen MR) is 186 cm³/mol. The Morgan fingerprint density at radius 1 is 1.26 bits per heavy atom. The summed E-state index contributed by atoms with van der Waals surface area (Å²) >= 11 is 10.2. The first-order chi connectivity index (χ1) is 23.8. The van der Waals surface area contributed by atoms with Gasteiger partial charge in [-0.15, -0.1) is 0 Å². The molecule has 3 aliphatic rings. The third-order valence-electron chi connectivity index (χ3n) is 8.57. The molecular formula is C28H37N9O9P2S2. The number of H-pyrrole nitrogens is 1. The molecule has 3 N–H and O–H groups in total. The highest BCUT2D eigenvalue weighted by molar-refractivity contribution is 8.44.